The van der Waals surface area contributed by atoms with Crippen LogP contribution in [0.2, 0.25) is 0 Å². The average Bonchev–Trinajstić information content (AvgIpc) is 2.68. The fraction of sp³-hybridized carbons (Fsp3) is 0.0476. The number of benzene rings is 2. The third-order valence-electron chi connectivity index (χ3n) is 4.36. The number of para-hydroxylation sites is 1. The van der Waals surface area contributed by atoms with E-state index >= 15 is 0 Å². The molecule has 1 atom stereocenters. The Balaban J connectivity index is 1.88. The van der Waals surface area contributed by atoms with E-state index in [0.29, 0.717) is 22.5 Å². The van der Waals surface area contributed by atoms with Crippen LogP contribution in [0.4, 0.5) is 5.82 Å². The summed E-state index contributed by atoms with van der Waals surface area (Å²) in [6.07, 6.45) is 3.46. The quantitative estimate of drug-likeness (QED) is 0.528. The second-order valence-electron chi connectivity index (χ2n) is 5.99. The van der Waals surface area contributed by atoms with Crippen molar-refractivity contribution in [1.82, 2.24) is 4.98 Å². The number of phenols is 2. The first kappa shape index (κ1) is 15.9. The van der Waals surface area contributed by atoms with Crippen molar-refractivity contribution in [3.63, 3.8) is 0 Å². The standard InChI is InChI=1S/C21H17N3O2/c25-17-8-2-1-7-15(17)20(24-18-9-3-4-12-22-18)16-11-10-14-6-5-13-23-19(14)21(16)26/h1-13,20,25-26H,(H,22,24)/p+1. The molecule has 0 amide bonds. The molecule has 0 radical (unpaired) electrons. The normalized spacial score (nSPS) is 12.0. The zero-order chi connectivity index (χ0) is 17.9. The SMILES string of the molecule is Oc1ccccc1C(Nc1ccccn1)c1ccc2ccc[nH+]c2c1O. The molecule has 0 saturated heterocycles. The van der Waals surface area contributed by atoms with Crippen molar-refractivity contribution in [1.29, 1.82) is 0 Å². The van der Waals surface area contributed by atoms with Gasteiger partial charge in [-0.3, -0.25) is 0 Å². The molecule has 5 heteroatoms. The number of phenolic OH excluding ortho intramolecular Hbond substituents is 2. The monoisotopic (exact) mass is 344 g/mol. The van der Waals surface area contributed by atoms with Crippen molar-refractivity contribution in [2.24, 2.45) is 0 Å². The van der Waals surface area contributed by atoms with Crippen LogP contribution in [0, 0.1) is 0 Å². The van der Waals surface area contributed by atoms with Crippen LogP contribution in [0.25, 0.3) is 10.9 Å². The topological polar surface area (TPSA) is 79.5 Å². The van der Waals surface area contributed by atoms with Gasteiger partial charge < -0.3 is 15.5 Å². The van der Waals surface area contributed by atoms with Crippen molar-refractivity contribution in [3.8, 4) is 11.5 Å². The summed E-state index contributed by atoms with van der Waals surface area (Å²) < 4.78 is 0. The molecule has 26 heavy (non-hydrogen) atoms. The molecule has 0 saturated carbocycles. The van der Waals surface area contributed by atoms with E-state index in [1.165, 1.54) is 0 Å². The van der Waals surface area contributed by atoms with Crippen LogP contribution < -0.4 is 10.3 Å². The number of nitrogens with one attached hydrogen (secondary N) is 2. The number of aromatic hydroxyl groups is 2. The highest BCUT2D eigenvalue weighted by Gasteiger charge is 2.24. The van der Waals surface area contributed by atoms with Gasteiger partial charge in [-0.05, 0) is 30.3 Å². The number of fused-ring (bicyclic) bond motifs is 1. The van der Waals surface area contributed by atoms with Gasteiger partial charge in [0.1, 0.15) is 11.6 Å². The molecule has 5 nitrogen and oxygen atoms in total. The van der Waals surface area contributed by atoms with Gasteiger partial charge in [0, 0.05) is 23.4 Å². The minimum Gasteiger partial charge on any atom is -0.508 e. The molecule has 128 valence electrons. The van der Waals surface area contributed by atoms with E-state index in [4.69, 9.17) is 0 Å². The predicted molar refractivity (Wildman–Crippen MR) is 100.0 cm³/mol. The van der Waals surface area contributed by atoms with E-state index in [0.717, 1.165) is 5.39 Å². The summed E-state index contributed by atoms with van der Waals surface area (Å²) in [7, 11) is 0. The third-order valence-corrected chi connectivity index (χ3v) is 4.36. The Morgan fingerprint density at radius 3 is 2.50 bits per heavy atom. The van der Waals surface area contributed by atoms with E-state index in [1.807, 2.05) is 54.6 Å². The summed E-state index contributed by atoms with van der Waals surface area (Å²) in [4.78, 5) is 7.40. The van der Waals surface area contributed by atoms with Gasteiger partial charge in [-0.15, -0.1) is 0 Å². The number of aromatic amines is 1. The third kappa shape index (κ3) is 2.91. The van der Waals surface area contributed by atoms with Crippen molar-refractivity contribution >= 4 is 16.7 Å². The largest absolute Gasteiger partial charge is 0.508 e. The number of H-pyrrole nitrogens is 1. The fourth-order valence-electron chi connectivity index (χ4n) is 3.08. The maximum Gasteiger partial charge on any atom is 0.253 e. The maximum absolute atomic E-state index is 10.9. The van der Waals surface area contributed by atoms with Crippen molar-refractivity contribution in [2.75, 3.05) is 5.32 Å². The van der Waals surface area contributed by atoms with E-state index in [9.17, 15) is 10.2 Å². The highest BCUT2D eigenvalue weighted by molar-refractivity contribution is 5.83. The van der Waals surface area contributed by atoms with Gasteiger partial charge in [0.05, 0.1) is 11.4 Å². The van der Waals surface area contributed by atoms with Crippen LogP contribution in [0.15, 0.2) is 79.1 Å². The first-order chi connectivity index (χ1) is 12.7. The summed E-state index contributed by atoms with van der Waals surface area (Å²) in [6, 6.07) is 19.8. The second kappa shape index (κ2) is 6.72. The lowest BCUT2D eigenvalue weighted by atomic mass is 9.95. The van der Waals surface area contributed by atoms with Gasteiger partial charge in [-0.2, -0.15) is 0 Å². The smallest absolute Gasteiger partial charge is 0.253 e. The van der Waals surface area contributed by atoms with E-state index in [2.05, 4.69) is 15.3 Å². The minimum absolute atomic E-state index is 0.139. The zero-order valence-corrected chi connectivity index (χ0v) is 13.9. The summed E-state index contributed by atoms with van der Waals surface area (Å²) in [5.41, 5.74) is 1.95. The zero-order valence-electron chi connectivity index (χ0n) is 13.9. The Bertz CT molecular complexity index is 1050. The fourth-order valence-corrected chi connectivity index (χ4v) is 3.08. The molecule has 4 aromatic rings. The highest BCUT2D eigenvalue weighted by atomic mass is 16.3. The van der Waals surface area contributed by atoms with Gasteiger partial charge in [0.15, 0.2) is 11.9 Å². The van der Waals surface area contributed by atoms with Crippen LogP contribution in [-0.2, 0) is 0 Å². The number of anilines is 1. The Hall–Kier alpha value is -3.60. The molecule has 1 unspecified atom stereocenters. The number of rotatable bonds is 4. The predicted octanol–water partition coefficient (Wildman–Crippen LogP) is 3.66. The second-order valence-corrected chi connectivity index (χ2v) is 5.99. The highest BCUT2D eigenvalue weighted by Crippen LogP contribution is 2.38. The summed E-state index contributed by atoms with van der Waals surface area (Å²) >= 11 is 0. The molecule has 2 aromatic heterocycles. The van der Waals surface area contributed by atoms with Crippen LogP contribution in [-0.4, -0.2) is 15.2 Å². The van der Waals surface area contributed by atoms with Crippen LogP contribution in [0.5, 0.6) is 11.5 Å². The van der Waals surface area contributed by atoms with E-state index in [1.54, 1.807) is 24.5 Å². The Morgan fingerprint density at radius 1 is 0.846 bits per heavy atom. The Morgan fingerprint density at radius 2 is 1.69 bits per heavy atom. The van der Waals surface area contributed by atoms with Crippen molar-refractivity contribution in [2.45, 2.75) is 6.04 Å². The Labute approximate surface area is 150 Å². The molecule has 0 bridgehead atoms. The summed E-state index contributed by atoms with van der Waals surface area (Å²) in [5.74, 6) is 0.939. The van der Waals surface area contributed by atoms with Gasteiger partial charge in [0.25, 0.3) is 5.52 Å². The molecule has 2 aromatic carbocycles. The summed E-state index contributed by atoms with van der Waals surface area (Å²) in [6.45, 7) is 0. The molecule has 0 spiro atoms. The maximum atomic E-state index is 10.9. The average molecular weight is 344 g/mol. The number of pyridine rings is 2. The number of hydrogen-bond acceptors (Lipinski definition) is 4. The lowest BCUT2D eigenvalue weighted by Crippen LogP contribution is -2.14. The minimum atomic E-state index is -0.468. The first-order valence-electron chi connectivity index (χ1n) is 8.32. The lowest BCUT2D eigenvalue weighted by Gasteiger charge is -2.22. The molecular weight excluding hydrogens is 326 g/mol. The molecule has 0 aliphatic rings. The molecule has 0 aliphatic heterocycles. The molecule has 4 N–H and O–H groups in total. The van der Waals surface area contributed by atoms with Crippen LogP contribution in [0.1, 0.15) is 17.2 Å². The Kier molecular flexibility index (Phi) is 4.11. The van der Waals surface area contributed by atoms with Crippen LogP contribution in [0.3, 0.4) is 0 Å². The molecular formula is C21H18N3O2+. The number of nitrogens with zero attached hydrogens (tertiary/aromatic N) is 1. The van der Waals surface area contributed by atoms with E-state index in [-0.39, 0.29) is 11.5 Å². The number of aromatic nitrogens is 2. The molecule has 0 aliphatic carbocycles. The van der Waals surface area contributed by atoms with Crippen molar-refractivity contribution in [3.05, 3.63) is 90.3 Å². The van der Waals surface area contributed by atoms with Crippen molar-refractivity contribution < 1.29 is 15.2 Å². The summed E-state index contributed by atoms with van der Waals surface area (Å²) in [5, 5.41) is 25.5. The van der Waals surface area contributed by atoms with E-state index < -0.39 is 6.04 Å². The molecule has 4 rings (SSSR count). The van der Waals surface area contributed by atoms with Gasteiger partial charge in [-0.25, -0.2) is 9.97 Å². The number of hydrogen-bond donors (Lipinski definition) is 3. The lowest BCUT2D eigenvalue weighted by molar-refractivity contribution is -0.345. The molecule has 2 heterocycles. The van der Waals surface area contributed by atoms with Gasteiger partial charge in [0.2, 0.25) is 0 Å². The van der Waals surface area contributed by atoms with Gasteiger partial charge in [-0.1, -0.05) is 30.3 Å². The first-order valence-corrected chi connectivity index (χ1v) is 8.32. The molecule has 0 fully saturated rings. The van der Waals surface area contributed by atoms with Crippen LogP contribution >= 0.6 is 0 Å². The van der Waals surface area contributed by atoms with Gasteiger partial charge >= 0.3 is 0 Å².